The van der Waals surface area contributed by atoms with Gasteiger partial charge in [-0.3, -0.25) is 0 Å². The zero-order valence-corrected chi connectivity index (χ0v) is 4.87. The Kier molecular flexibility index (Phi) is 186. The Bertz CT molecular complexity index is 21.5. The van der Waals surface area contributed by atoms with Gasteiger partial charge in [0.2, 0.25) is 0 Å². The van der Waals surface area contributed by atoms with E-state index in [4.69, 9.17) is 4.74 Å². The third-order valence-corrected chi connectivity index (χ3v) is 0.622. The van der Waals surface area contributed by atoms with Gasteiger partial charge >= 0.3 is 0 Å². The molecular formula is C9H30OS. The fraction of sp³-hybridized carbons (Fsp3) is 1.00. The minimum Gasteiger partial charge on any atom is -0.381 e. The maximum absolute atomic E-state index is 4.91. The molecule has 0 N–H and O–H groups in total. The van der Waals surface area contributed by atoms with Crippen LogP contribution in [0.2, 0.25) is 0 Å². The van der Waals surface area contributed by atoms with Crippen molar-refractivity contribution in [3.8, 4) is 0 Å². The molecule has 0 aromatic heterocycles. The number of ether oxygens (including phenoxy) is 1. The van der Waals surface area contributed by atoms with Crippen molar-refractivity contribution in [1.82, 2.24) is 0 Å². The summed E-state index contributed by atoms with van der Waals surface area (Å²) in [6.45, 7) is 3.56. The van der Waals surface area contributed by atoms with Crippen LogP contribution in [0.4, 0.5) is 0 Å². The fourth-order valence-corrected chi connectivity index (χ4v) is 0.338. The first-order valence-corrected chi connectivity index (χ1v) is 2.73. The molecule has 0 saturated carbocycles. The Labute approximate surface area is 81.0 Å². The van der Waals surface area contributed by atoms with Crippen LogP contribution >= 0.6 is 12.6 Å². The smallest absolute Gasteiger partial charge is 0.0554 e. The lowest BCUT2D eigenvalue weighted by molar-refractivity contribution is 0.165. The van der Waals surface area contributed by atoms with Gasteiger partial charge in [0.25, 0.3) is 0 Å². The molecule has 0 aliphatic rings. The molecular weight excluding hydrogens is 156 g/mol. The Morgan fingerprint density at radius 1 is 1.00 bits per heavy atom. The van der Waals surface area contributed by atoms with Crippen molar-refractivity contribution in [2.75, 3.05) is 19.0 Å². The normalized spacial score (nSPS) is 4.91. The lowest BCUT2D eigenvalue weighted by atomic mass is 10.8. The van der Waals surface area contributed by atoms with Crippen LogP contribution in [0.25, 0.3) is 0 Å². The molecule has 78 valence electrons. The lowest BCUT2D eigenvalue weighted by Crippen LogP contribution is -1.92. The number of hydrogen-bond donors (Lipinski definition) is 1. The second kappa shape index (κ2) is 48.1. The molecule has 0 heterocycles. The third-order valence-electron chi connectivity index (χ3n) is 0.440. The predicted molar refractivity (Wildman–Crippen MR) is 64.0 cm³/mol. The van der Waals surface area contributed by atoms with Gasteiger partial charge in [0.1, 0.15) is 0 Å². The van der Waals surface area contributed by atoms with Gasteiger partial charge < -0.3 is 4.74 Å². The van der Waals surface area contributed by atoms with Crippen LogP contribution in [-0.4, -0.2) is 19.0 Å². The molecule has 0 saturated heterocycles. The third kappa shape index (κ3) is 65.0. The highest BCUT2D eigenvalue weighted by Gasteiger charge is 1.73. The number of thiol groups is 1. The largest absolute Gasteiger partial charge is 0.381 e. The van der Waals surface area contributed by atoms with Gasteiger partial charge in [0.05, 0.1) is 6.61 Å². The van der Waals surface area contributed by atoms with E-state index in [0.29, 0.717) is 0 Å². The molecule has 2 heteroatoms. The molecule has 0 radical (unpaired) electrons. The van der Waals surface area contributed by atoms with Crippen molar-refractivity contribution in [2.45, 2.75) is 44.1 Å². The maximum atomic E-state index is 4.91. The molecule has 0 aliphatic carbocycles. The Morgan fingerprint density at radius 2 is 1.36 bits per heavy atom. The molecule has 0 amide bonds. The Hall–Kier alpha value is 0.310. The van der Waals surface area contributed by atoms with Gasteiger partial charge in [-0.1, -0.05) is 37.1 Å². The fourth-order valence-electron chi connectivity index (χ4n) is 0.209. The second-order valence-electron chi connectivity index (χ2n) is 0.921. The average molecular weight is 186 g/mol. The summed E-state index contributed by atoms with van der Waals surface area (Å²) in [5.74, 6) is 0.827. The van der Waals surface area contributed by atoms with E-state index in [1.165, 1.54) is 0 Å². The van der Waals surface area contributed by atoms with E-state index in [9.17, 15) is 0 Å². The molecule has 0 spiro atoms. The molecule has 0 aliphatic heterocycles. The van der Waals surface area contributed by atoms with Gasteiger partial charge in [0.15, 0.2) is 0 Å². The standard InChI is InChI=1S/C4H10OS.5CH4/c1-2-5-3-4-6;;;;;/h6H,2-4H2,1H3;5*1H4. The maximum Gasteiger partial charge on any atom is 0.0554 e. The van der Waals surface area contributed by atoms with Gasteiger partial charge in [0, 0.05) is 12.4 Å². The Morgan fingerprint density at radius 3 is 1.45 bits per heavy atom. The first kappa shape index (κ1) is 42.6. The van der Waals surface area contributed by atoms with Crippen molar-refractivity contribution >= 4 is 12.6 Å². The summed E-state index contributed by atoms with van der Waals surface area (Å²) >= 11 is 3.93. The van der Waals surface area contributed by atoms with Crippen LogP contribution in [0, 0.1) is 0 Å². The van der Waals surface area contributed by atoms with Crippen molar-refractivity contribution in [1.29, 1.82) is 0 Å². The summed E-state index contributed by atoms with van der Waals surface area (Å²) < 4.78 is 4.91. The SMILES string of the molecule is C.C.C.C.C.CCOCCS. The topological polar surface area (TPSA) is 9.23 Å². The second-order valence-corrected chi connectivity index (χ2v) is 1.37. The summed E-state index contributed by atoms with van der Waals surface area (Å²) in [7, 11) is 0. The van der Waals surface area contributed by atoms with E-state index in [1.807, 2.05) is 6.92 Å². The summed E-state index contributed by atoms with van der Waals surface area (Å²) in [6.07, 6.45) is 0. The van der Waals surface area contributed by atoms with Crippen LogP contribution in [0.5, 0.6) is 0 Å². The molecule has 0 aromatic carbocycles. The minimum atomic E-state index is 0. The molecule has 11 heavy (non-hydrogen) atoms. The molecule has 1 nitrogen and oxygen atoms in total. The van der Waals surface area contributed by atoms with E-state index in [0.717, 1.165) is 19.0 Å². The highest BCUT2D eigenvalue weighted by Crippen LogP contribution is 1.74. The summed E-state index contributed by atoms with van der Waals surface area (Å²) in [4.78, 5) is 0. The van der Waals surface area contributed by atoms with E-state index in [-0.39, 0.29) is 37.1 Å². The molecule has 0 atom stereocenters. The molecule has 0 bridgehead atoms. The van der Waals surface area contributed by atoms with E-state index in [1.54, 1.807) is 0 Å². The van der Waals surface area contributed by atoms with E-state index >= 15 is 0 Å². The quantitative estimate of drug-likeness (QED) is 0.515. The van der Waals surface area contributed by atoms with Crippen LogP contribution in [0.3, 0.4) is 0 Å². The Balaban J connectivity index is -0.0000000125. The number of hydrogen-bond acceptors (Lipinski definition) is 2. The zero-order valence-electron chi connectivity index (χ0n) is 3.98. The van der Waals surface area contributed by atoms with Crippen molar-refractivity contribution in [3.63, 3.8) is 0 Å². The predicted octanol–water partition coefficient (Wildman–Crippen LogP) is 4.13. The molecule has 0 fully saturated rings. The van der Waals surface area contributed by atoms with Crippen molar-refractivity contribution in [3.05, 3.63) is 0 Å². The van der Waals surface area contributed by atoms with E-state index in [2.05, 4.69) is 12.6 Å². The number of rotatable bonds is 3. The van der Waals surface area contributed by atoms with Crippen LogP contribution in [-0.2, 0) is 4.74 Å². The van der Waals surface area contributed by atoms with Crippen LogP contribution in [0.15, 0.2) is 0 Å². The van der Waals surface area contributed by atoms with Gasteiger partial charge in [-0.15, -0.1) is 0 Å². The zero-order chi connectivity index (χ0) is 4.83. The van der Waals surface area contributed by atoms with Gasteiger partial charge in [-0.2, -0.15) is 12.6 Å². The first-order chi connectivity index (χ1) is 2.91. The van der Waals surface area contributed by atoms with Crippen LogP contribution < -0.4 is 0 Å². The van der Waals surface area contributed by atoms with Crippen molar-refractivity contribution in [2.24, 2.45) is 0 Å². The van der Waals surface area contributed by atoms with E-state index < -0.39 is 0 Å². The average Bonchev–Trinajstić information content (AvgIpc) is 1.61. The van der Waals surface area contributed by atoms with Gasteiger partial charge in [-0.25, -0.2) is 0 Å². The van der Waals surface area contributed by atoms with Crippen molar-refractivity contribution < 1.29 is 4.74 Å². The minimum absolute atomic E-state index is 0. The summed E-state index contributed by atoms with van der Waals surface area (Å²) in [5.41, 5.74) is 0. The van der Waals surface area contributed by atoms with Gasteiger partial charge in [-0.05, 0) is 6.92 Å². The summed E-state index contributed by atoms with van der Waals surface area (Å²) in [6, 6.07) is 0. The molecule has 0 aromatic rings. The lowest BCUT2D eigenvalue weighted by Gasteiger charge is -1.91. The highest BCUT2D eigenvalue weighted by atomic mass is 32.1. The first-order valence-electron chi connectivity index (χ1n) is 2.10. The molecule has 0 rings (SSSR count). The summed E-state index contributed by atoms with van der Waals surface area (Å²) in [5, 5.41) is 0. The van der Waals surface area contributed by atoms with Crippen LogP contribution in [0.1, 0.15) is 44.1 Å². The molecule has 0 unspecified atom stereocenters. The highest BCUT2D eigenvalue weighted by molar-refractivity contribution is 7.80. The monoisotopic (exact) mass is 186 g/mol.